The summed E-state index contributed by atoms with van der Waals surface area (Å²) in [5, 5.41) is 1.22. The number of ether oxygens (including phenoxy) is 1. The Hall–Kier alpha value is -3.55. The Balaban J connectivity index is 1.74. The van der Waals surface area contributed by atoms with Crippen molar-refractivity contribution in [2.75, 3.05) is 0 Å². The van der Waals surface area contributed by atoms with Crippen molar-refractivity contribution in [3.63, 3.8) is 0 Å². The first-order valence-corrected chi connectivity index (χ1v) is 10.2. The summed E-state index contributed by atoms with van der Waals surface area (Å²) in [5.74, 6) is 0.188. The predicted molar refractivity (Wildman–Crippen MR) is 115 cm³/mol. The highest BCUT2D eigenvalue weighted by molar-refractivity contribution is 5.86. The lowest BCUT2D eigenvalue weighted by Gasteiger charge is -2.41. The molecule has 0 fully saturated rings. The van der Waals surface area contributed by atoms with Gasteiger partial charge in [-0.3, -0.25) is 13.9 Å². The van der Waals surface area contributed by atoms with E-state index in [1.54, 1.807) is 13.1 Å². The molecule has 5 heterocycles. The van der Waals surface area contributed by atoms with Gasteiger partial charge in [-0.05, 0) is 32.0 Å². The van der Waals surface area contributed by atoms with Gasteiger partial charge >= 0.3 is 11.3 Å². The molecule has 0 spiro atoms. The number of hydrogen-bond donors (Lipinski definition) is 0. The largest absolute Gasteiger partial charge is 0.486 e. The molecule has 6 rings (SSSR count). The number of benzene rings is 1. The topological polar surface area (TPSA) is 88.4 Å². The van der Waals surface area contributed by atoms with E-state index in [9.17, 15) is 14.4 Å². The van der Waals surface area contributed by atoms with Crippen molar-refractivity contribution in [3.05, 3.63) is 72.8 Å². The van der Waals surface area contributed by atoms with Crippen molar-refractivity contribution in [2.45, 2.75) is 31.9 Å². The van der Waals surface area contributed by atoms with Crippen LogP contribution in [0.15, 0.2) is 49.1 Å². The van der Waals surface area contributed by atoms with Gasteiger partial charge in [0.05, 0.1) is 16.3 Å². The van der Waals surface area contributed by atoms with Crippen molar-refractivity contribution in [3.8, 4) is 5.75 Å². The molecule has 158 valence electrons. The van der Waals surface area contributed by atoms with Gasteiger partial charge in [-0.25, -0.2) is 9.59 Å². The number of aryl methyl sites for hydroxylation is 1. The number of para-hydroxylation sites is 1. The zero-order valence-electron chi connectivity index (χ0n) is 17.6. The smallest absolute Gasteiger partial charge is 0.343 e. The molecule has 0 saturated carbocycles. The summed E-state index contributed by atoms with van der Waals surface area (Å²) in [6, 6.07) is 9.16. The van der Waals surface area contributed by atoms with Gasteiger partial charge in [0, 0.05) is 38.2 Å². The zero-order chi connectivity index (χ0) is 21.8. The van der Waals surface area contributed by atoms with E-state index < -0.39 is 11.2 Å². The Morgan fingerprint density at radius 1 is 1.03 bits per heavy atom. The second kappa shape index (κ2) is 5.57. The first-order chi connectivity index (χ1) is 14.7. The van der Waals surface area contributed by atoms with Crippen LogP contribution < -0.4 is 21.6 Å². The highest BCUT2D eigenvalue weighted by Gasteiger charge is 2.52. The summed E-state index contributed by atoms with van der Waals surface area (Å²) in [6.45, 7) is 4.57. The van der Waals surface area contributed by atoms with Gasteiger partial charge in [-0.2, -0.15) is 0 Å². The lowest BCUT2D eigenvalue weighted by molar-refractivity contribution is 0.0199. The van der Waals surface area contributed by atoms with E-state index in [0.717, 1.165) is 15.6 Å². The van der Waals surface area contributed by atoms with E-state index in [2.05, 4.69) is 0 Å². The second-order valence-electron chi connectivity index (χ2n) is 9.04. The van der Waals surface area contributed by atoms with Crippen molar-refractivity contribution in [1.29, 1.82) is 0 Å². The molecule has 0 unspecified atom stereocenters. The van der Waals surface area contributed by atoms with Crippen LogP contribution in [-0.2, 0) is 20.6 Å². The van der Waals surface area contributed by atoms with Crippen LogP contribution in [0.4, 0.5) is 0 Å². The van der Waals surface area contributed by atoms with Crippen molar-refractivity contribution < 1.29 is 9.15 Å². The maximum atomic E-state index is 13.1. The maximum Gasteiger partial charge on any atom is 0.343 e. The van der Waals surface area contributed by atoms with E-state index >= 15 is 0 Å². The van der Waals surface area contributed by atoms with Gasteiger partial charge in [0.2, 0.25) is 0 Å². The second-order valence-corrected chi connectivity index (χ2v) is 9.04. The van der Waals surface area contributed by atoms with Gasteiger partial charge in [0.1, 0.15) is 22.6 Å². The van der Waals surface area contributed by atoms with Crippen LogP contribution in [-0.4, -0.2) is 19.3 Å². The van der Waals surface area contributed by atoms with Crippen molar-refractivity contribution >= 4 is 22.0 Å². The van der Waals surface area contributed by atoms with Crippen LogP contribution in [0.5, 0.6) is 5.75 Å². The van der Waals surface area contributed by atoms with Gasteiger partial charge in [-0.1, -0.05) is 12.1 Å². The van der Waals surface area contributed by atoms with Crippen LogP contribution >= 0.6 is 0 Å². The molecule has 2 aliphatic heterocycles. The third-order valence-electron chi connectivity index (χ3n) is 7.00. The highest BCUT2D eigenvalue weighted by atomic mass is 16.5. The Bertz CT molecular complexity index is 1620. The maximum absolute atomic E-state index is 13.1. The predicted octanol–water partition coefficient (Wildman–Crippen LogP) is 2.08. The third-order valence-corrected chi connectivity index (χ3v) is 7.00. The molecule has 4 aromatic rings. The van der Waals surface area contributed by atoms with E-state index in [1.165, 1.54) is 11.6 Å². The minimum atomic E-state index is -0.571. The van der Waals surface area contributed by atoms with Crippen molar-refractivity contribution in [1.82, 2.24) is 13.7 Å². The molecule has 0 aliphatic carbocycles. The molecule has 0 amide bonds. The lowest BCUT2D eigenvalue weighted by Crippen LogP contribution is -2.45. The minimum Gasteiger partial charge on any atom is -0.486 e. The fourth-order valence-corrected chi connectivity index (χ4v) is 5.44. The van der Waals surface area contributed by atoms with Crippen LogP contribution in [0.1, 0.15) is 31.0 Å². The molecule has 0 bridgehead atoms. The van der Waals surface area contributed by atoms with Crippen molar-refractivity contribution in [2.24, 2.45) is 20.0 Å². The summed E-state index contributed by atoms with van der Waals surface area (Å²) in [5.41, 5.74) is 0.640. The van der Waals surface area contributed by atoms with E-state index in [1.807, 2.05) is 42.7 Å². The molecule has 8 heteroatoms. The lowest BCUT2D eigenvalue weighted by atomic mass is 9.74. The molecular weight excluding hydrogens is 398 g/mol. The van der Waals surface area contributed by atoms with Crippen LogP contribution in [0.25, 0.3) is 22.0 Å². The normalized spacial score (nSPS) is 21.0. The zero-order valence-corrected chi connectivity index (χ0v) is 17.6. The van der Waals surface area contributed by atoms with Gasteiger partial charge in [0.15, 0.2) is 0 Å². The standard InChI is InChI=1S/C23H21N3O5/c1-23(2)13-10-26-14(9-12-19(26)24(3)22(29)25(4)20(12)27)16(13)17-18(31-23)11-7-5-6-8-15(11)30-21(17)28/h5-9,13,16H,10H2,1-4H3/t13-,16-/m1/s1. The average Bonchev–Trinajstić information content (AvgIpc) is 3.28. The SMILES string of the molecule is Cn1c(=O)c2cc3n(c2n(C)c1=O)C[C@@H]1[C@H]3c2c(c3ccccc3oc2=O)OC1(C)C. The molecule has 3 aromatic heterocycles. The number of aromatic nitrogens is 3. The summed E-state index contributed by atoms with van der Waals surface area (Å²) >= 11 is 0. The minimum absolute atomic E-state index is 0.0531. The molecule has 0 radical (unpaired) electrons. The fourth-order valence-electron chi connectivity index (χ4n) is 5.44. The number of rotatable bonds is 0. The van der Waals surface area contributed by atoms with Gasteiger partial charge in [0.25, 0.3) is 5.56 Å². The number of hydrogen-bond acceptors (Lipinski definition) is 5. The van der Waals surface area contributed by atoms with Crippen LogP contribution in [0, 0.1) is 5.92 Å². The number of fused-ring (bicyclic) bond motifs is 9. The molecule has 31 heavy (non-hydrogen) atoms. The van der Waals surface area contributed by atoms with E-state index in [0.29, 0.717) is 34.5 Å². The highest BCUT2D eigenvalue weighted by Crippen LogP contribution is 2.53. The quantitative estimate of drug-likeness (QED) is 0.407. The first kappa shape index (κ1) is 18.2. The van der Waals surface area contributed by atoms with Gasteiger partial charge in [-0.15, -0.1) is 0 Å². The summed E-state index contributed by atoms with van der Waals surface area (Å²) in [4.78, 5) is 38.5. The molecule has 2 aliphatic rings. The Morgan fingerprint density at radius 3 is 2.55 bits per heavy atom. The van der Waals surface area contributed by atoms with Crippen LogP contribution in [0.2, 0.25) is 0 Å². The fraction of sp³-hybridized carbons (Fsp3) is 0.348. The van der Waals surface area contributed by atoms with E-state index in [4.69, 9.17) is 9.15 Å². The summed E-state index contributed by atoms with van der Waals surface area (Å²) < 4.78 is 16.7. The van der Waals surface area contributed by atoms with E-state index in [-0.39, 0.29) is 23.1 Å². The number of nitrogens with zero attached hydrogens (tertiary/aromatic N) is 3. The summed E-state index contributed by atoms with van der Waals surface area (Å²) in [7, 11) is 3.14. The third kappa shape index (κ3) is 2.12. The molecule has 0 saturated heterocycles. The molecule has 1 aromatic carbocycles. The molecule has 8 nitrogen and oxygen atoms in total. The summed E-state index contributed by atoms with van der Waals surface area (Å²) in [6.07, 6.45) is 0. The average molecular weight is 419 g/mol. The Morgan fingerprint density at radius 2 is 1.77 bits per heavy atom. The first-order valence-electron chi connectivity index (χ1n) is 10.2. The van der Waals surface area contributed by atoms with Gasteiger partial charge < -0.3 is 13.7 Å². The molecule has 0 N–H and O–H groups in total. The Kier molecular flexibility index (Phi) is 3.28. The van der Waals surface area contributed by atoms with Crippen LogP contribution in [0.3, 0.4) is 0 Å². The molecule has 2 atom stereocenters. The molecular formula is C23H21N3O5. The monoisotopic (exact) mass is 419 g/mol. The Labute approximate surface area is 175 Å².